The molecule has 4 aliphatic rings. The maximum Gasteiger partial charge on any atom is 0.338 e. The van der Waals surface area contributed by atoms with Crippen molar-refractivity contribution < 1.29 is 37.7 Å². The lowest BCUT2D eigenvalue weighted by Crippen LogP contribution is -2.53. The van der Waals surface area contributed by atoms with Gasteiger partial charge in [0, 0.05) is 72.7 Å². The number of carbonyl (C=O) groups is 3. The average molecular weight is 741 g/mol. The van der Waals surface area contributed by atoms with E-state index in [9.17, 15) is 28.3 Å². The van der Waals surface area contributed by atoms with Gasteiger partial charge in [0.2, 0.25) is 0 Å². The molecule has 0 bridgehead atoms. The van der Waals surface area contributed by atoms with E-state index in [2.05, 4.69) is 15.2 Å². The molecular formula is C35H35ClF2N6O6S. The summed E-state index contributed by atoms with van der Waals surface area (Å²) >= 11 is 7.85. The number of aromatic nitrogens is 1. The Kier molecular flexibility index (Phi) is 9.94. The predicted octanol–water partition coefficient (Wildman–Crippen LogP) is 5.24. The van der Waals surface area contributed by atoms with E-state index in [4.69, 9.17) is 26.1 Å². The highest BCUT2D eigenvalue weighted by Gasteiger charge is 2.43. The number of fused-ring (bicyclic) bond motifs is 1. The molecule has 1 saturated carbocycles. The van der Waals surface area contributed by atoms with E-state index in [1.807, 2.05) is 0 Å². The molecule has 3 fully saturated rings. The van der Waals surface area contributed by atoms with Gasteiger partial charge in [0.1, 0.15) is 23.4 Å². The number of hydrogen-bond acceptors (Lipinski definition) is 10. The molecule has 0 radical (unpaired) electrons. The summed E-state index contributed by atoms with van der Waals surface area (Å²) in [6.07, 6.45) is 3.50. The summed E-state index contributed by atoms with van der Waals surface area (Å²) in [5, 5.41) is 15.1. The molecule has 3 aliphatic heterocycles. The standard InChI is InChI=1S/C35H35ClF2N6O6S/c1-49-34(47)29-28(40-31(32-39-8-11-51-32)41-30(29)26-7-4-20(37)14-27(26)36)18-42-9-10-43-23(16-42)17-44(35(43)48)22-12-21(38)13-25(15-22)50-24-5-2-19(3-6-24)33(45)46/h4,7-8,11-15,19,23-24,30H,2-3,5-6,9-10,16-18H2,1H3,(H,40,41)(H,45,46). The predicted molar refractivity (Wildman–Crippen MR) is 185 cm³/mol. The summed E-state index contributed by atoms with van der Waals surface area (Å²) < 4.78 is 40.2. The first-order valence-electron chi connectivity index (χ1n) is 16.6. The fraction of sp³-hybridized carbons (Fsp3) is 0.400. The molecular weight excluding hydrogens is 706 g/mol. The van der Waals surface area contributed by atoms with Crippen molar-refractivity contribution in [3.05, 3.63) is 86.5 Å². The van der Waals surface area contributed by atoms with Crippen LogP contribution in [-0.2, 0) is 14.3 Å². The minimum atomic E-state index is -0.901. The van der Waals surface area contributed by atoms with E-state index in [1.165, 1.54) is 48.8 Å². The van der Waals surface area contributed by atoms with Gasteiger partial charge in [0.05, 0.1) is 36.4 Å². The smallest absolute Gasteiger partial charge is 0.338 e. The van der Waals surface area contributed by atoms with Gasteiger partial charge in [-0.1, -0.05) is 17.7 Å². The van der Waals surface area contributed by atoms with Crippen molar-refractivity contribution in [1.29, 1.82) is 0 Å². The zero-order valence-corrected chi connectivity index (χ0v) is 29.1. The topological polar surface area (TPSA) is 137 Å². The van der Waals surface area contributed by atoms with Crippen molar-refractivity contribution in [2.45, 2.75) is 43.9 Å². The van der Waals surface area contributed by atoms with E-state index < -0.39 is 35.5 Å². The van der Waals surface area contributed by atoms with Crippen LogP contribution in [0.5, 0.6) is 5.75 Å². The average Bonchev–Trinajstić information content (AvgIpc) is 3.76. The monoisotopic (exact) mass is 740 g/mol. The molecule has 7 rings (SSSR count). The number of benzene rings is 2. The van der Waals surface area contributed by atoms with Gasteiger partial charge < -0.3 is 24.8 Å². The van der Waals surface area contributed by atoms with Crippen molar-refractivity contribution in [2.75, 3.05) is 44.7 Å². The molecule has 2 atom stereocenters. The number of nitrogens with zero attached hydrogens (tertiary/aromatic N) is 5. The summed E-state index contributed by atoms with van der Waals surface area (Å²) in [5.41, 5.74) is 1.55. The number of urea groups is 1. The zero-order chi connectivity index (χ0) is 35.8. The molecule has 1 aromatic heterocycles. The van der Waals surface area contributed by atoms with E-state index in [0.29, 0.717) is 85.4 Å². The fourth-order valence-corrected chi connectivity index (χ4v) is 8.07. The lowest BCUT2D eigenvalue weighted by atomic mass is 9.87. The van der Waals surface area contributed by atoms with Crippen LogP contribution in [0.4, 0.5) is 19.3 Å². The van der Waals surface area contributed by atoms with Crippen molar-refractivity contribution in [2.24, 2.45) is 10.9 Å². The highest BCUT2D eigenvalue weighted by Crippen LogP contribution is 2.38. The number of piperazine rings is 1. The van der Waals surface area contributed by atoms with Crippen LogP contribution in [0.25, 0.3) is 0 Å². The second-order valence-electron chi connectivity index (χ2n) is 12.9. The van der Waals surface area contributed by atoms with Crippen molar-refractivity contribution in [1.82, 2.24) is 20.1 Å². The first-order chi connectivity index (χ1) is 24.6. The Balaban J connectivity index is 1.10. The van der Waals surface area contributed by atoms with Crippen LogP contribution in [0, 0.1) is 17.6 Å². The number of carboxylic acids is 1. The molecule has 268 valence electrons. The van der Waals surface area contributed by atoms with E-state index >= 15 is 0 Å². The second-order valence-corrected chi connectivity index (χ2v) is 14.2. The Hall–Kier alpha value is -4.60. The molecule has 51 heavy (non-hydrogen) atoms. The Morgan fingerprint density at radius 3 is 2.59 bits per heavy atom. The van der Waals surface area contributed by atoms with Gasteiger partial charge in [0.25, 0.3) is 0 Å². The van der Waals surface area contributed by atoms with Gasteiger partial charge in [0.15, 0.2) is 10.8 Å². The van der Waals surface area contributed by atoms with Gasteiger partial charge in [-0.2, -0.15) is 0 Å². The number of aliphatic imine (C=N–C) groups is 1. The number of amides is 2. The summed E-state index contributed by atoms with van der Waals surface area (Å²) in [6, 6.07) is 6.80. The first-order valence-corrected chi connectivity index (χ1v) is 17.8. The van der Waals surface area contributed by atoms with Gasteiger partial charge in [-0.25, -0.2) is 23.4 Å². The third-order valence-corrected chi connectivity index (χ3v) is 10.8. The fourth-order valence-electron chi connectivity index (χ4n) is 7.21. The Morgan fingerprint density at radius 1 is 1.08 bits per heavy atom. The number of carbonyl (C=O) groups excluding carboxylic acids is 2. The SMILES string of the molecule is COC(=O)C1=C(CN2CCN3C(=O)N(c4cc(F)cc(OC5CCC(C(=O)O)CC5)c4)CC3C2)NC(c2nccs2)=NC1c1ccc(F)cc1Cl. The normalized spacial score (nSPS) is 23.8. The molecule has 2 aromatic carbocycles. The minimum Gasteiger partial charge on any atom is -0.490 e. The number of halogens is 3. The van der Waals surface area contributed by atoms with E-state index in [0.717, 1.165) is 0 Å². The van der Waals surface area contributed by atoms with Crippen LogP contribution in [0.2, 0.25) is 5.02 Å². The van der Waals surface area contributed by atoms with Crippen molar-refractivity contribution in [3.8, 4) is 5.75 Å². The highest BCUT2D eigenvalue weighted by molar-refractivity contribution is 7.11. The van der Waals surface area contributed by atoms with Crippen LogP contribution in [0.1, 0.15) is 42.3 Å². The Labute approximate surface area is 301 Å². The lowest BCUT2D eigenvalue weighted by Gasteiger charge is -2.38. The van der Waals surface area contributed by atoms with E-state index in [-0.39, 0.29) is 35.3 Å². The highest BCUT2D eigenvalue weighted by atomic mass is 35.5. The van der Waals surface area contributed by atoms with E-state index in [1.54, 1.807) is 27.4 Å². The zero-order valence-electron chi connectivity index (χ0n) is 27.6. The maximum absolute atomic E-state index is 14.9. The van der Waals surface area contributed by atoms with Crippen LogP contribution in [0.15, 0.2) is 64.2 Å². The minimum absolute atomic E-state index is 0.111. The number of anilines is 1. The second kappa shape index (κ2) is 14.6. The molecule has 2 N–H and O–H groups in total. The summed E-state index contributed by atoms with van der Waals surface area (Å²) in [5.74, 6) is -2.17. The molecule has 2 amide bonds. The van der Waals surface area contributed by atoms with Crippen LogP contribution in [-0.4, -0.2) is 95.7 Å². The number of methoxy groups -OCH3 is 1. The lowest BCUT2D eigenvalue weighted by molar-refractivity contribution is -0.143. The molecule has 16 heteroatoms. The number of esters is 1. The van der Waals surface area contributed by atoms with Gasteiger partial charge >= 0.3 is 18.0 Å². The summed E-state index contributed by atoms with van der Waals surface area (Å²) in [4.78, 5) is 52.9. The number of aliphatic carboxylic acids is 1. The Bertz CT molecular complexity index is 1900. The number of amidine groups is 1. The molecule has 12 nitrogen and oxygen atoms in total. The first kappa shape index (κ1) is 34.8. The molecule has 4 heterocycles. The number of rotatable bonds is 9. The third-order valence-electron chi connectivity index (χ3n) is 9.74. The number of hydrogen-bond donors (Lipinski definition) is 2. The van der Waals surface area contributed by atoms with Crippen LogP contribution in [0.3, 0.4) is 0 Å². The number of ether oxygens (including phenoxy) is 2. The molecule has 0 spiro atoms. The Morgan fingerprint density at radius 2 is 1.88 bits per heavy atom. The van der Waals surface area contributed by atoms with Crippen molar-refractivity contribution in [3.63, 3.8) is 0 Å². The summed E-state index contributed by atoms with van der Waals surface area (Å²) in [6.45, 7) is 1.91. The van der Waals surface area contributed by atoms with Crippen molar-refractivity contribution >= 4 is 52.4 Å². The quantitative estimate of drug-likeness (QED) is 0.282. The molecule has 1 aliphatic carbocycles. The van der Waals surface area contributed by atoms with Gasteiger partial charge in [-0.15, -0.1) is 11.3 Å². The third kappa shape index (κ3) is 7.28. The number of thiazole rings is 1. The maximum atomic E-state index is 14.9. The number of carboxylic acid groups (broad SMARTS) is 1. The molecule has 3 aromatic rings. The van der Waals surface area contributed by atoms with Gasteiger partial charge in [-0.3, -0.25) is 19.6 Å². The van der Waals surface area contributed by atoms with Gasteiger partial charge in [-0.05, 0) is 43.9 Å². The molecule has 2 unspecified atom stereocenters. The number of nitrogens with one attached hydrogen (secondary N) is 1. The molecule has 2 saturated heterocycles. The largest absolute Gasteiger partial charge is 0.490 e. The van der Waals surface area contributed by atoms with Crippen LogP contribution < -0.4 is 15.0 Å². The summed E-state index contributed by atoms with van der Waals surface area (Å²) in [7, 11) is 1.28. The van der Waals surface area contributed by atoms with Crippen LogP contribution >= 0.6 is 22.9 Å².